The van der Waals surface area contributed by atoms with Crippen LogP contribution >= 0.6 is 0 Å². The Morgan fingerprint density at radius 1 is 0.203 bits per heavy atom. The molecule has 2 nitrogen and oxygen atoms in total. The molecule has 2 heteroatoms. The molecule has 0 aliphatic rings. The van der Waals surface area contributed by atoms with Crippen LogP contribution in [0.3, 0.4) is 0 Å². The van der Waals surface area contributed by atoms with Crippen LogP contribution in [0.2, 0.25) is 0 Å². The number of para-hydroxylation sites is 2. The summed E-state index contributed by atoms with van der Waals surface area (Å²) in [6, 6.07) is 79.8. The summed E-state index contributed by atoms with van der Waals surface area (Å²) in [5, 5.41) is 14.2. The molecule has 0 saturated carbocycles. The number of fused-ring (bicyclic) bond motifs is 8. The van der Waals surface area contributed by atoms with Gasteiger partial charge in [-0.05, 0) is 147 Å². The van der Waals surface area contributed by atoms with Crippen LogP contribution in [0.4, 0.5) is 0 Å². The van der Waals surface area contributed by atoms with Gasteiger partial charge in [0.15, 0.2) is 0 Å². The van der Waals surface area contributed by atoms with E-state index in [-0.39, 0.29) is 0 Å². The first-order valence-electron chi connectivity index (χ1n) is 22.0. The van der Waals surface area contributed by atoms with E-state index in [9.17, 15) is 0 Å². The van der Waals surface area contributed by atoms with Gasteiger partial charge in [0.1, 0.15) is 0 Å². The molecule has 0 atom stereocenters. The van der Waals surface area contributed by atoms with Gasteiger partial charge < -0.3 is 0 Å². The Morgan fingerprint density at radius 2 is 0.656 bits per heavy atom. The predicted octanol–water partition coefficient (Wildman–Crippen LogP) is 16.9. The fourth-order valence-electron chi connectivity index (χ4n) is 10.3. The molecule has 11 aromatic carbocycles. The average molecular weight is 811 g/mol. The zero-order valence-corrected chi connectivity index (χ0v) is 34.8. The van der Waals surface area contributed by atoms with Gasteiger partial charge in [-0.15, -0.1) is 0 Å². The van der Waals surface area contributed by atoms with Gasteiger partial charge in [0.2, 0.25) is 0 Å². The fraction of sp³-hybridized carbons (Fsp3) is 0. The molecule has 296 valence electrons. The Balaban J connectivity index is 1.26. The first kappa shape index (κ1) is 36.2. The highest BCUT2D eigenvalue weighted by Gasteiger charge is 2.24. The molecule has 0 fully saturated rings. The molecule has 0 bridgehead atoms. The van der Waals surface area contributed by atoms with Gasteiger partial charge in [0.05, 0.1) is 11.0 Å². The number of pyridine rings is 2. The zero-order valence-electron chi connectivity index (χ0n) is 34.8. The number of benzene rings is 11. The van der Waals surface area contributed by atoms with E-state index in [1.165, 1.54) is 98.4 Å². The Kier molecular flexibility index (Phi) is 8.25. The van der Waals surface area contributed by atoms with Gasteiger partial charge in [0.25, 0.3) is 0 Å². The second kappa shape index (κ2) is 14.6. The van der Waals surface area contributed by atoms with Crippen LogP contribution in [0.15, 0.2) is 231 Å². The van der Waals surface area contributed by atoms with Crippen LogP contribution < -0.4 is 0 Å². The molecule has 0 spiro atoms. The average Bonchev–Trinajstić information content (AvgIpc) is 3.37. The second-order valence-corrected chi connectivity index (χ2v) is 16.9. The van der Waals surface area contributed by atoms with Crippen molar-refractivity contribution in [2.75, 3.05) is 0 Å². The number of nitrogens with zero attached hydrogens (tertiary/aromatic N) is 2. The smallest absolute Gasteiger partial charge is 0.0702 e. The van der Waals surface area contributed by atoms with Crippen molar-refractivity contribution in [1.82, 2.24) is 9.97 Å². The summed E-state index contributed by atoms with van der Waals surface area (Å²) >= 11 is 0. The van der Waals surface area contributed by atoms with Gasteiger partial charge in [-0.2, -0.15) is 0 Å². The Labute approximate surface area is 370 Å². The van der Waals surface area contributed by atoms with Gasteiger partial charge in [-0.1, -0.05) is 170 Å². The molecule has 64 heavy (non-hydrogen) atoms. The Hall–Kier alpha value is -8.46. The van der Waals surface area contributed by atoms with Crippen LogP contribution in [-0.2, 0) is 0 Å². The summed E-state index contributed by atoms with van der Waals surface area (Å²) in [7, 11) is 0. The number of hydrogen-bond acceptors (Lipinski definition) is 2. The number of rotatable bonds is 5. The molecular formula is C62H38N2. The maximum atomic E-state index is 5.10. The van der Waals surface area contributed by atoms with Gasteiger partial charge in [0, 0.05) is 34.3 Å². The molecule has 2 heterocycles. The zero-order chi connectivity index (χ0) is 42.1. The SMILES string of the molecule is c1ccc(-c2ccc3c(-c4cnc5ccccc5c4)c4cc5c(cc4c(-c4cnc6ccccc6c4)c3c2)c(-c2ccccc2)c(-c2ccc3ccccc3c2)c2ccccc25)cc1. The molecule has 0 saturated heterocycles. The van der Waals surface area contributed by atoms with E-state index in [1.54, 1.807) is 0 Å². The lowest BCUT2D eigenvalue weighted by Gasteiger charge is -2.23. The summed E-state index contributed by atoms with van der Waals surface area (Å²) in [4.78, 5) is 10.2. The minimum Gasteiger partial charge on any atom is -0.256 e. The maximum absolute atomic E-state index is 5.10. The summed E-state index contributed by atoms with van der Waals surface area (Å²) in [6.07, 6.45) is 4.14. The predicted molar refractivity (Wildman–Crippen MR) is 272 cm³/mol. The highest BCUT2D eigenvalue weighted by molar-refractivity contribution is 6.30. The molecule has 0 N–H and O–H groups in total. The van der Waals surface area contributed by atoms with Crippen LogP contribution in [0.25, 0.3) is 131 Å². The van der Waals surface area contributed by atoms with Crippen molar-refractivity contribution < 1.29 is 0 Å². The first-order valence-corrected chi connectivity index (χ1v) is 22.0. The van der Waals surface area contributed by atoms with Crippen molar-refractivity contribution in [1.29, 1.82) is 0 Å². The molecule has 2 aromatic heterocycles. The van der Waals surface area contributed by atoms with Crippen molar-refractivity contribution in [3.05, 3.63) is 231 Å². The van der Waals surface area contributed by atoms with Gasteiger partial charge in [-0.25, -0.2) is 0 Å². The third-order valence-corrected chi connectivity index (χ3v) is 13.2. The molecule has 0 aliphatic heterocycles. The topological polar surface area (TPSA) is 25.8 Å². The minimum atomic E-state index is 0.979. The second-order valence-electron chi connectivity index (χ2n) is 16.9. The Bertz CT molecular complexity index is 4000. The fourth-order valence-corrected chi connectivity index (χ4v) is 10.3. The highest BCUT2D eigenvalue weighted by atomic mass is 14.7. The summed E-state index contributed by atoms with van der Waals surface area (Å²) < 4.78 is 0. The molecular weight excluding hydrogens is 773 g/mol. The summed E-state index contributed by atoms with van der Waals surface area (Å²) in [5.41, 5.74) is 13.7. The van der Waals surface area contributed by atoms with Crippen LogP contribution in [0.5, 0.6) is 0 Å². The molecule has 0 aliphatic carbocycles. The normalized spacial score (nSPS) is 11.8. The van der Waals surface area contributed by atoms with E-state index in [0.29, 0.717) is 0 Å². The van der Waals surface area contributed by atoms with E-state index in [2.05, 4.69) is 231 Å². The summed E-state index contributed by atoms with van der Waals surface area (Å²) in [5.74, 6) is 0. The molecule has 0 amide bonds. The molecule has 0 radical (unpaired) electrons. The Morgan fingerprint density at radius 3 is 1.34 bits per heavy atom. The van der Waals surface area contributed by atoms with Crippen molar-refractivity contribution in [2.24, 2.45) is 0 Å². The maximum Gasteiger partial charge on any atom is 0.0702 e. The third kappa shape index (κ3) is 5.81. The minimum absolute atomic E-state index is 0.979. The van der Waals surface area contributed by atoms with Crippen molar-refractivity contribution in [3.8, 4) is 55.6 Å². The number of hydrogen-bond donors (Lipinski definition) is 0. The molecule has 0 unspecified atom stereocenters. The lowest BCUT2D eigenvalue weighted by atomic mass is 9.80. The molecule has 13 rings (SSSR count). The van der Waals surface area contributed by atoms with Crippen LogP contribution in [0.1, 0.15) is 0 Å². The van der Waals surface area contributed by atoms with Crippen molar-refractivity contribution >= 4 is 75.7 Å². The quantitative estimate of drug-likeness (QED) is 0.128. The monoisotopic (exact) mass is 810 g/mol. The summed E-state index contributed by atoms with van der Waals surface area (Å²) in [6.45, 7) is 0. The largest absolute Gasteiger partial charge is 0.256 e. The van der Waals surface area contributed by atoms with Crippen molar-refractivity contribution in [2.45, 2.75) is 0 Å². The van der Waals surface area contributed by atoms with Gasteiger partial charge >= 0.3 is 0 Å². The third-order valence-electron chi connectivity index (χ3n) is 13.2. The lowest BCUT2D eigenvalue weighted by molar-refractivity contribution is 1.41. The van der Waals surface area contributed by atoms with E-state index in [0.717, 1.165) is 32.9 Å². The number of aromatic nitrogens is 2. The van der Waals surface area contributed by atoms with Gasteiger partial charge in [-0.3, -0.25) is 9.97 Å². The van der Waals surface area contributed by atoms with Crippen LogP contribution in [-0.4, -0.2) is 9.97 Å². The van der Waals surface area contributed by atoms with E-state index in [1.807, 2.05) is 0 Å². The van der Waals surface area contributed by atoms with Crippen molar-refractivity contribution in [3.63, 3.8) is 0 Å². The van der Waals surface area contributed by atoms with E-state index in [4.69, 9.17) is 9.97 Å². The molecule has 13 aromatic rings. The standard InChI is InChI=1S/C62H38N2/c1-3-15-39(16-4-1)43-29-30-51-53(34-43)60(48-33-45-22-10-14-26-58(45)64-38-48)56-36-54-52(35-55(56)59(51)47-32-44-21-9-13-25-57(44)63-37-47)49-23-11-12-24-50(49)62(61(54)41-18-5-2-6-19-41)46-28-27-40-17-7-8-20-42(40)31-46/h1-38H. The van der Waals surface area contributed by atoms with E-state index < -0.39 is 0 Å². The highest BCUT2D eigenvalue weighted by Crippen LogP contribution is 2.51. The van der Waals surface area contributed by atoms with E-state index >= 15 is 0 Å². The first-order chi connectivity index (χ1) is 31.7. The van der Waals surface area contributed by atoms with Crippen LogP contribution in [0, 0.1) is 0 Å². The lowest BCUT2D eigenvalue weighted by Crippen LogP contribution is -1.96.